The van der Waals surface area contributed by atoms with Gasteiger partial charge in [-0.2, -0.15) is 4.72 Å². The summed E-state index contributed by atoms with van der Waals surface area (Å²) in [6.07, 6.45) is 0. The number of ether oxygens (including phenoxy) is 1. The van der Waals surface area contributed by atoms with Crippen molar-refractivity contribution in [2.75, 3.05) is 7.11 Å². The molecular weight excluding hydrogens is 376 g/mol. The number of carbonyl (C=O) groups is 2. The highest BCUT2D eigenvalue weighted by molar-refractivity contribution is 7.89. The molecule has 1 unspecified atom stereocenters. The van der Waals surface area contributed by atoms with E-state index in [1.54, 1.807) is 0 Å². The number of carbonyl (C=O) groups excluding carboxylic acids is 1. The Kier molecular flexibility index (Phi) is 6.16. The van der Waals surface area contributed by atoms with Gasteiger partial charge in [0.15, 0.2) is 0 Å². The first-order valence-corrected chi connectivity index (χ1v) is 9.12. The number of amides is 1. The Labute approximate surface area is 155 Å². The highest BCUT2D eigenvalue weighted by Crippen LogP contribution is 2.25. The van der Waals surface area contributed by atoms with Crippen LogP contribution < -0.4 is 14.9 Å². The molecule has 0 saturated heterocycles. The average Bonchev–Trinajstić information content (AvgIpc) is 2.65. The number of aliphatic carboxylic acids is 1. The highest BCUT2D eigenvalue weighted by Gasteiger charge is 2.31. The molecule has 0 fully saturated rings. The first-order chi connectivity index (χ1) is 12.7. The zero-order chi connectivity index (χ0) is 20.2. The van der Waals surface area contributed by atoms with Gasteiger partial charge in [-0.25, -0.2) is 13.9 Å². The Morgan fingerprint density at radius 1 is 1.11 bits per heavy atom. The average molecular weight is 394 g/mol. The van der Waals surface area contributed by atoms with Crippen LogP contribution in [0, 0.1) is 6.92 Å². The second-order valence-corrected chi connectivity index (χ2v) is 7.26. The zero-order valence-electron chi connectivity index (χ0n) is 14.5. The molecule has 0 aliphatic carbocycles. The molecule has 4 N–H and O–H groups in total. The number of hydrogen-bond donors (Lipinski definition) is 4. The summed E-state index contributed by atoms with van der Waals surface area (Å²) in [4.78, 5) is 23.5. The summed E-state index contributed by atoms with van der Waals surface area (Å²) in [5.41, 5.74) is 1.55. The normalized spacial score (nSPS) is 12.3. The fourth-order valence-corrected chi connectivity index (χ4v) is 3.69. The van der Waals surface area contributed by atoms with Crippen LogP contribution in [-0.2, 0) is 14.8 Å². The van der Waals surface area contributed by atoms with Crippen LogP contribution in [0.5, 0.6) is 5.75 Å². The van der Waals surface area contributed by atoms with E-state index in [9.17, 15) is 23.1 Å². The molecule has 27 heavy (non-hydrogen) atoms. The predicted molar refractivity (Wildman–Crippen MR) is 94.1 cm³/mol. The minimum absolute atomic E-state index is 0.0753. The SMILES string of the molecule is COc1ccc(S(=O)(=O)NC(C(=O)O)c2c(C)cccc2C(=O)NO)cc1. The second kappa shape index (κ2) is 8.16. The number of sulfonamides is 1. The Bertz CT molecular complexity index is 956. The van der Waals surface area contributed by atoms with Gasteiger partial charge in [-0.15, -0.1) is 0 Å². The number of methoxy groups -OCH3 is 1. The zero-order valence-corrected chi connectivity index (χ0v) is 15.3. The lowest BCUT2D eigenvalue weighted by molar-refractivity contribution is -0.139. The quantitative estimate of drug-likeness (QED) is 0.409. The third-order valence-electron chi connectivity index (χ3n) is 3.85. The molecule has 0 radical (unpaired) electrons. The van der Waals surface area contributed by atoms with Gasteiger partial charge in [-0.3, -0.25) is 14.8 Å². The predicted octanol–water partition coefficient (Wildman–Crippen LogP) is 1.23. The lowest BCUT2D eigenvalue weighted by atomic mass is 9.95. The van der Waals surface area contributed by atoms with Gasteiger partial charge in [0.1, 0.15) is 11.8 Å². The van der Waals surface area contributed by atoms with Gasteiger partial charge in [0, 0.05) is 5.56 Å². The standard InChI is InChI=1S/C17H18N2O7S/c1-10-4-3-5-13(16(20)18-23)14(10)15(17(21)22)19-27(24,25)12-8-6-11(26-2)7-9-12/h3-9,15,19,23H,1-2H3,(H,18,20)(H,21,22). The van der Waals surface area contributed by atoms with E-state index in [0.29, 0.717) is 11.3 Å². The molecule has 2 aromatic carbocycles. The van der Waals surface area contributed by atoms with Crippen molar-refractivity contribution in [1.29, 1.82) is 0 Å². The molecule has 2 aromatic rings. The van der Waals surface area contributed by atoms with Crippen LogP contribution in [0.3, 0.4) is 0 Å². The lowest BCUT2D eigenvalue weighted by Crippen LogP contribution is -2.36. The summed E-state index contributed by atoms with van der Waals surface area (Å²) in [6, 6.07) is 7.92. The molecule has 2 rings (SSSR count). The van der Waals surface area contributed by atoms with Gasteiger partial charge in [0.25, 0.3) is 5.91 Å². The molecule has 0 aliphatic heterocycles. The molecule has 0 spiro atoms. The number of carboxylic acid groups (broad SMARTS) is 1. The smallest absolute Gasteiger partial charge is 0.326 e. The number of aryl methyl sites for hydroxylation is 1. The van der Waals surface area contributed by atoms with Crippen LogP contribution in [0.15, 0.2) is 47.4 Å². The number of hydroxylamine groups is 1. The van der Waals surface area contributed by atoms with E-state index in [4.69, 9.17) is 9.94 Å². The summed E-state index contributed by atoms with van der Waals surface area (Å²) < 4.78 is 32.3. The largest absolute Gasteiger partial charge is 0.497 e. The molecule has 0 bridgehead atoms. The molecule has 144 valence electrons. The molecule has 0 saturated carbocycles. The summed E-state index contributed by atoms with van der Waals surface area (Å²) in [6.45, 7) is 1.53. The number of benzene rings is 2. The summed E-state index contributed by atoms with van der Waals surface area (Å²) >= 11 is 0. The Morgan fingerprint density at radius 3 is 2.26 bits per heavy atom. The third kappa shape index (κ3) is 4.42. The number of rotatable bonds is 7. The molecule has 0 aliphatic rings. The second-order valence-electron chi connectivity index (χ2n) is 5.55. The fourth-order valence-electron chi connectivity index (χ4n) is 2.53. The maximum absolute atomic E-state index is 12.6. The van der Waals surface area contributed by atoms with Crippen LogP contribution in [0.1, 0.15) is 27.5 Å². The minimum Gasteiger partial charge on any atom is -0.497 e. The van der Waals surface area contributed by atoms with Crippen molar-refractivity contribution in [3.8, 4) is 5.75 Å². The van der Waals surface area contributed by atoms with Crippen LogP contribution in [0.25, 0.3) is 0 Å². The van der Waals surface area contributed by atoms with Crippen LogP contribution in [0.2, 0.25) is 0 Å². The van der Waals surface area contributed by atoms with Crippen molar-refractivity contribution in [3.63, 3.8) is 0 Å². The number of hydrogen-bond acceptors (Lipinski definition) is 6. The van der Waals surface area contributed by atoms with Gasteiger partial charge in [0.05, 0.1) is 12.0 Å². The van der Waals surface area contributed by atoms with Crippen molar-refractivity contribution in [1.82, 2.24) is 10.2 Å². The summed E-state index contributed by atoms with van der Waals surface area (Å²) in [7, 11) is -2.80. The number of carboxylic acids is 1. The van der Waals surface area contributed by atoms with Crippen LogP contribution >= 0.6 is 0 Å². The first-order valence-electron chi connectivity index (χ1n) is 7.64. The Balaban J connectivity index is 2.50. The van der Waals surface area contributed by atoms with Crippen molar-refractivity contribution in [2.45, 2.75) is 17.9 Å². The van der Waals surface area contributed by atoms with E-state index in [1.165, 1.54) is 62.0 Å². The van der Waals surface area contributed by atoms with Gasteiger partial charge in [-0.05, 0) is 48.4 Å². The summed E-state index contributed by atoms with van der Waals surface area (Å²) in [5, 5.41) is 18.5. The Morgan fingerprint density at radius 2 is 1.74 bits per heavy atom. The van der Waals surface area contributed by atoms with Crippen molar-refractivity contribution >= 4 is 21.9 Å². The van der Waals surface area contributed by atoms with E-state index < -0.39 is 27.9 Å². The van der Waals surface area contributed by atoms with Crippen LogP contribution in [0.4, 0.5) is 0 Å². The molecule has 0 aromatic heterocycles. The van der Waals surface area contributed by atoms with E-state index in [0.717, 1.165) is 0 Å². The molecular formula is C17H18N2O7S. The van der Waals surface area contributed by atoms with Gasteiger partial charge < -0.3 is 9.84 Å². The molecule has 10 heteroatoms. The third-order valence-corrected chi connectivity index (χ3v) is 5.29. The van der Waals surface area contributed by atoms with Crippen molar-refractivity contribution < 1.29 is 33.1 Å². The summed E-state index contributed by atoms with van der Waals surface area (Å²) in [5.74, 6) is -2.03. The molecule has 9 nitrogen and oxygen atoms in total. The van der Waals surface area contributed by atoms with E-state index in [-0.39, 0.29) is 16.0 Å². The van der Waals surface area contributed by atoms with Crippen molar-refractivity contribution in [3.05, 3.63) is 59.2 Å². The van der Waals surface area contributed by atoms with Gasteiger partial charge >= 0.3 is 5.97 Å². The van der Waals surface area contributed by atoms with Crippen molar-refractivity contribution in [2.24, 2.45) is 0 Å². The number of nitrogens with one attached hydrogen (secondary N) is 2. The van der Waals surface area contributed by atoms with Gasteiger partial charge in [0.2, 0.25) is 10.0 Å². The molecule has 1 amide bonds. The van der Waals surface area contributed by atoms with Gasteiger partial charge in [-0.1, -0.05) is 12.1 Å². The Hall–Kier alpha value is -2.95. The molecule has 1 atom stereocenters. The monoisotopic (exact) mass is 394 g/mol. The van der Waals surface area contributed by atoms with E-state index >= 15 is 0 Å². The van der Waals surface area contributed by atoms with Crippen LogP contribution in [-0.4, -0.2) is 37.7 Å². The maximum Gasteiger partial charge on any atom is 0.326 e. The lowest BCUT2D eigenvalue weighted by Gasteiger charge is -2.20. The first kappa shape index (κ1) is 20.4. The molecule has 0 heterocycles. The minimum atomic E-state index is -4.22. The van der Waals surface area contributed by atoms with E-state index in [1.807, 2.05) is 0 Å². The highest BCUT2D eigenvalue weighted by atomic mass is 32.2. The van der Waals surface area contributed by atoms with E-state index in [2.05, 4.69) is 4.72 Å². The fraction of sp³-hybridized carbons (Fsp3) is 0.176. The topological polar surface area (TPSA) is 142 Å². The maximum atomic E-state index is 12.6.